The van der Waals surface area contributed by atoms with Crippen LogP contribution in [0.5, 0.6) is 0 Å². The van der Waals surface area contributed by atoms with E-state index in [2.05, 4.69) is 15.5 Å². The van der Waals surface area contributed by atoms with E-state index >= 15 is 0 Å². The number of carbonyl (C=O) groups is 2. The number of hydrogen-bond acceptors (Lipinski definition) is 5. The Bertz CT molecular complexity index is 656. The highest BCUT2D eigenvalue weighted by atomic mass is 16.5. The van der Waals surface area contributed by atoms with Crippen LogP contribution >= 0.6 is 0 Å². The van der Waals surface area contributed by atoms with Crippen molar-refractivity contribution in [1.82, 2.24) is 15.6 Å². The van der Waals surface area contributed by atoms with Crippen LogP contribution in [0.4, 0.5) is 10.6 Å². The number of hydrogen-bond donors (Lipinski definition) is 2. The molecule has 1 aromatic rings. The molecule has 3 aliphatic rings. The molecule has 4 rings (SSSR count). The SMILES string of the molecule is CNC(=O)OCc1nc(N2C3CCC2CC3)cc2c1CNC2=O. The molecule has 122 valence electrons. The number of pyridine rings is 1. The molecule has 0 saturated carbocycles. The van der Waals surface area contributed by atoms with Crippen molar-refractivity contribution in [1.29, 1.82) is 0 Å². The summed E-state index contributed by atoms with van der Waals surface area (Å²) in [5.74, 6) is 0.776. The van der Waals surface area contributed by atoms with E-state index in [-0.39, 0.29) is 12.5 Å². The number of aromatic nitrogens is 1. The summed E-state index contributed by atoms with van der Waals surface area (Å²) in [7, 11) is 1.52. The Hall–Kier alpha value is -2.31. The summed E-state index contributed by atoms with van der Waals surface area (Å²) < 4.78 is 5.15. The third-order valence-electron chi connectivity index (χ3n) is 5.13. The van der Waals surface area contributed by atoms with Gasteiger partial charge in [-0.05, 0) is 31.7 Å². The van der Waals surface area contributed by atoms with Gasteiger partial charge in [-0.25, -0.2) is 9.78 Å². The number of fused-ring (bicyclic) bond motifs is 3. The van der Waals surface area contributed by atoms with Gasteiger partial charge in [-0.2, -0.15) is 0 Å². The number of ether oxygens (including phenoxy) is 1. The van der Waals surface area contributed by atoms with E-state index in [1.165, 1.54) is 32.7 Å². The van der Waals surface area contributed by atoms with E-state index < -0.39 is 6.09 Å². The van der Waals surface area contributed by atoms with Crippen molar-refractivity contribution in [3.05, 3.63) is 22.9 Å². The molecule has 1 aromatic heterocycles. The Kier molecular flexibility index (Phi) is 3.36. The lowest BCUT2D eigenvalue weighted by Gasteiger charge is -2.24. The van der Waals surface area contributed by atoms with E-state index in [0.717, 1.165) is 11.4 Å². The summed E-state index contributed by atoms with van der Waals surface area (Å²) in [5.41, 5.74) is 2.18. The number of carbonyl (C=O) groups excluding carboxylic acids is 2. The molecule has 7 heteroatoms. The van der Waals surface area contributed by atoms with Gasteiger partial charge < -0.3 is 20.3 Å². The summed E-state index contributed by atoms with van der Waals surface area (Å²) in [6.07, 6.45) is 4.28. The lowest BCUT2D eigenvalue weighted by atomic mass is 10.0. The smallest absolute Gasteiger partial charge is 0.407 e. The predicted molar refractivity (Wildman–Crippen MR) is 83.2 cm³/mol. The van der Waals surface area contributed by atoms with Crippen LogP contribution < -0.4 is 15.5 Å². The maximum absolute atomic E-state index is 12.1. The van der Waals surface area contributed by atoms with Crippen molar-refractivity contribution in [3.63, 3.8) is 0 Å². The fraction of sp³-hybridized carbons (Fsp3) is 0.562. The van der Waals surface area contributed by atoms with Crippen LogP contribution in [-0.4, -0.2) is 36.1 Å². The minimum atomic E-state index is -0.496. The van der Waals surface area contributed by atoms with Gasteiger partial charge in [-0.1, -0.05) is 0 Å². The highest BCUT2D eigenvalue weighted by Crippen LogP contribution is 2.41. The number of nitrogens with zero attached hydrogens (tertiary/aromatic N) is 2. The molecular formula is C16H20N4O3. The van der Waals surface area contributed by atoms with Crippen molar-refractivity contribution >= 4 is 17.8 Å². The fourth-order valence-electron chi connectivity index (χ4n) is 4.02. The molecule has 3 aliphatic heterocycles. The molecule has 2 N–H and O–H groups in total. The maximum Gasteiger partial charge on any atom is 0.407 e. The van der Waals surface area contributed by atoms with Crippen molar-refractivity contribution in [2.45, 2.75) is 50.9 Å². The maximum atomic E-state index is 12.1. The van der Waals surface area contributed by atoms with Crippen LogP contribution in [0.25, 0.3) is 0 Å². The van der Waals surface area contributed by atoms with Crippen LogP contribution in [0.1, 0.15) is 47.3 Å². The summed E-state index contributed by atoms with van der Waals surface area (Å²) in [4.78, 5) is 30.5. The molecule has 2 bridgehead atoms. The second-order valence-electron chi connectivity index (χ2n) is 6.33. The van der Waals surface area contributed by atoms with Crippen molar-refractivity contribution in [2.75, 3.05) is 11.9 Å². The van der Waals surface area contributed by atoms with Gasteiger partial charge in [0.2, 0.25) is 0 Å². The third-order valence-corrected chi connectivity index (χ3v) is 5.13. The van der Waals surface area contributed by atoms with Crippen molar-refractivity contribution in [3.8, 4) is 0 Å². The van der Waals surface area contributed by atoms with E-state index in [1.807, 2.05) is 6.07 Å². The van der Waals surface area contributed by atoms with Gasteiger partial charge >= 0.3 is 6.09 Å². The molecular weight excluding hydrogens is 296 g/mol. The van der Waals surface area contributed by atoms with E-state index in [1.54, 1.807) is 0 Å². The Labute approximate surface area is 134 Å². The average Bonchev–Trinajstić information content (AvgIpc) is 3.27. The first-order valence-electron chi connectivity index (χ1n) is 8.11. The predicted octanol–water partition coefficient (Wildman–Crippen LogP) is 1.31. The molecule has 23 heavy (non-hydrogen) atoms. The van der Waals surface area contributed by atoms with Crippen LogP contribution in [-0.2, 0) is 17.9 Å². The molecule has 2 saturated heterocycles. The molecule has 0 radical (unpaired) electrons. The van der Waals surface area contributed by atoms with E-state index in [9.17, 15) is 9.59 Å². The largest absolute Gasteiger partial charge is 0.443 e. The average molecular weight is 316 g/mol. The van der Waals surface area contributed by atoms with Gasteiger partial charge in [0.1, 0.15) is 12.4 Å². The monoisotopic (exact) mass is 316 g/mol. The van der Waals surface area contributed by atoms with Crippen molar-refractivity contribution in [2.24, 2.45) is 0 Å². The third kappa shape index (κ3) is 2.31. The summed E-state index contributed by atoms with van der Waals surface area (Å²) in [6, 6.07) is 2.96. The summed E-state index contributed by atoms with van der Waals surface area (Å²) in [5, 5.41) is 5.25. The minimum Gasteiger partial charge on any atom is -0.443 e. The first-order chi connectivity index (χ1) is 11.2. The number of rotatable bonds is 3. The summed E-state index contributed by atoms with van der Waals surface area (Å²) >= 11 is 0. The Morgan fingerprint density at radius 1 is 1.39 bits per heavy atom. The highest BCUT2D eigenvalue weighted by Gasteiger charge is 2.40. The van der Waals surface area contributed by atoms with Gasteiger partial charge in [0.25, 0.3) is 5.91 Å². The second-order valence-corrected chi connectivity index (χ2v) is 6.33. The molecule has 4 heterocycles. The van der Waals surface area contributed by atoms with Gasteiger partial charge in [0, 0.05) is 36.8 Å². The fourth-order valence-corrected chi connectivity index (χ4v) is 4.02. The van der Waals surface area contributed by atoms with Gasteiger partial charge in [-0.15, -0.1) is 0 Å². The Morgan fingerprint density at radius 3 is 2.74 bits per heavy atom. The van der Waals surface area contributed by atoms with Crippen LogP contribution in [0.15, 0.2) is 6.07 Å². The molecule has 2 fully saturated rings. The molecule has 0 aliphatic carbocycles. The minimum absolute atomic E-state index is 0.0728. The molecule has 7 nitrogen and oxygen atoms in total. The second kappa shape index (κ2) is 5.40. The number of nitrogens with one attached hydrogen (secondary N) is 2. The highest BCUT2D eigenvalue weighted by molar-refractivity contribution is 5.99. The van der Waals surface area contributed by atoms with Crippen LogP contribution in [0, 0.1) is 0 Å². The van der Waals surface area contributed by atoms with Crippen LogP contribution in [0.3, 0.4) is 0 Å². The molecule has 2 amide bonds. The van der Waals surface area contributed by atoms with E-state index in [4.69, 9.17) is 9.72 Å². The zero-order valence-electron chi connectivity index (χ0n) is 13.1. The normalized spacial score (nSPS) is 24.6. The standard InChI is InChI=1S/C16H20N4O3/c1-17-16(22)23-8-13-12-7-18-15(21)11(12)6-14(19-13)20-9-2-3-10(20)5-4-9/h6,9-10H,2-5,7-8H2,1H3,(H,17,22)(H,18,21). The Balaban J connectivity index is 1.69. The molecule has 0 atom stereocenters. The number of amides is 2. The van der Waals surface area contributed by atoms with Gasteiger partial charge in [0.15, 0.2) is 0 Å². The first-order valence-corrected chi connectivity index (χ1v) is 8.11. The Morgan fingerprint density at radius 2 is 2.09 bits per heavy atom. The zero-order chi connectivity index (χ0) is 16.0. The molecule has 0 spiro atoms. The topological polar surface area (TPSA) is 83.6 Å². The van der Waals surface area contributed by atoms with Crippen molar-refractivity contribution < 1.29 is 14.3 Å². The van der Waals surface area contributed by atoms with E-state index in [0.29, 0.717) is 29.9 Å². The number of anilines is 1. The zero-order valence-corrected chi connectivity index (χ0v) is 13.1. The number of alkyl carbamates (subject to hydrolysis) is 1. The quantitative estimate of drug-likeness (QED) is 0.878. The van der Waals surface area contributed by atoms with Crippen LogP contribution in [0.2, 0.25) is 0 Å². The van der Waals surface area contributed by atoms with Gasteiger partial charge in [-0.3, -0.25) is 4.79 Å². The molecule has 0 unspecified atom stereocenters. The first kappa shape index (κ1) is 14.3. The lowest BCUT2D eigenvalue weighted by molar-refractivity contribution is 0.0965. The van der Waals surface area contributed by atoms with Gasteiger partial charge in [0.05, 0.1) is 5.69 Å². The summed E-state index contributed by atoms with van der Waals surface area (Å²) in [6.45, 7) is 0.523. The molecule has 0 aromatic carbocycles. The lowest BCUT2D eigenvalue weighted by Crippen LogP contribution is -2.29.